The lowest BCUT2D eigenvalue weighted by atomic mass is 10.0. The standard InChI is InChI=1S/C22H19ClFN3O4/c1-12-17(26-22(31-12)15-8-18-19(9-16(15)23)30-11-29-18)10-27-7-6-25-21(28)20(27)13-2-4-14(24)5-3-13/h2-5,8-9,20H,6-7,10-11H2,1H3,(H,25,28)/t20-/m1/s1. The van der Waals surface area contributed by atoms with Crippen LogP contribution in [0.2, 0.25) is 5.02 Å². The molecule has 1 amide bonds. The van der Waals surface area contributed by atoms with E-state index in [0.29, 0.717) is 59.1 Å². The Kier molecular flexibility index (Phi) is 5.03. The van der Waals surface area contributed by atoms with Crippen LogP contribution in [0, 0.1) is 12.7 Å². The number of nitrogens with zero attached hydrogens (tertiary/aromatic N) is 2. The largest absolute Gasteiger partial charge is 0.454 e. The molecule has 1 aromatic heterocycles. The molecule has 0 unspecified atom stereocenters. The fraction of sp³-hybridized carbons (Fsp3) is 0.273. The first kappa shape index (κ1) is 19.8. The van der Waals surface area contributed by atoms with Crippen LogP contribution < -0.4 is 14.8 Å². The van der Waals surface area contributed by atoms with Crippen molar-refractivity contribution in [2.24, 2.45) is 0 Å². The molecular formula is C22H19ClFN3O4. The van der Waals surface area contributed by atoms with Gasteiger partial charge in [-0.2, -0.15) is 0 Å². The van der Waals surface area contributed by atoms with Gasteiger partial charge in [0.2, 0.25) is 18.6 Å². The number of piperazine rings is 1. The number of hydrogen-bond acceptors (Lipinski definition) is 6. The van der Waals surface area contributed by atoms with Gasteiger partial charge < -0.3 is 19.2 Å². The lowest BCUT2D eigenvalue weighted by molar-refractivity contribution is -0.129. The molecule has 2 aliphatic rings. The monoisotopic (exact) mass is 443 g/mol. The first-order valence-electron chi connectivity index (χ1n) is 9.82. The number of carbonyl (C=O) groups excluding carboxylic acids is 1. The highest BCUT2D eigenvalue weighted by Crippen LogP contribution is 2.41. The highest BCUT2D eigenvalue weighted by atomic mass is 35.5. The lowest BCUT2D eigenvalue weighted by Crippen LogP contribution is -2.49. The Balaban J connectivity index is 1.44. The molecule has 160 valence electrons. The maximum atomic E-state index is 13.4. The van der Waals surface area contributed by atoms with Gasteiger partial charge in [-0.3, -0.25) is 9.69 Å². The van der Waals surface area contributed by atoms with Gasteiger partial charge in [0.05, 0.1) is 16.3 Å². The van der Waals surface area contributed by atoms with Crippen LogP contribution in [-0.4, -0.2) is 35.7 Å². The Bertz CT molecular complexity index is 1150. The van der Waals surface area contributed by atoms with Crippen LogP contribution in [-0.2, 0) is 11.3 Å². The van der Waals surface area contributed by atoms with Gasteiger partial charge in [-0.15, -0.1) is 0 Å². The highest BCUT2D eigenvalue weighted by Gasteiger charge is 2.32. The maximum Gasteiger partial charge on any atom is 0.242 e. The Morgan fingerprint density at radius 3 is 2.74 bits per heavy atom. The SMILES string of the molecule is Cc1oc(-c2cc3c(cc2Cl)OCO3)nc1CN1CCNC(=O)[C@H]1c1ccc(F)cc1. The van der Waals surface area contributed by atoms with Crippen molar-refractivity contribution in [1.29, 1.82) is 0 Å². The smallest absolute Gasteiger partial charge is 0.242 e. The van der Waals surface area contributed by atoms with E-state index in [9.17, 15) is 9.18 Å². The number of carbonyl (C=O) groups is 1. The van der Waals surface area contributed by atoms with Crippen molar-refractivity contribution in [2.75, 3.05) is 19.9 Å². The third-order valence-corrected chi connectivity index (χ3v) is 5.75. The maximum absolute atomic E-state index is 13.4. The average molecular weight is 444 g/mol. The number of aryl methyl sites for hydroxylation is 1. The number of oxazole rings is 1. The van der Waals surface area contributed by atoms with Gasteiger partial charge in [-0.05, 0) is 30.7 Å². The van der Waals surface area contributed by atoms with Crippen LogP contribution >= 0.6 is 11.6 Å². The minimum absolute atomic E-state index is 0.127. The van der Waals surface area contributed by atoms with E-state index in [1.165, 1.54) is 12.1 Å². The lowest BCUT2D eigenvalue weighted by Gasteiger charge is -2.34. The fourth-order valence-electron chi connectivity index (χ4n) is 3.86. The Hall–Kier alpha value is -3.10. The minimum Gasteiger partial charge on any atom is -0.454 e. The average Bonchev–Trinajstić information content (AvgIpc) is 3.34. The summed E-state index contributed by atoms with van der Waals surface area (Å²) in [7, 11) is 0. The molecule has 1 atom stereocenters. The van der Waals surface area contributed by atoms with Gasteiger partial charge in [0, 0.05) is 25.7 Å². The second-order valence-corrected chi connectivity index (χ2v) is 7.83. The van der Waals surface area contributed by atoms with E-state index >= 15 is 0 Å². The normalized spacial score (nSPS) is 18.3. The summed E-state index contributed by atoms with van der Waals surface area (Å²) >= 11 is 6.40. The number of aromatic nitrogens is 1. The molecule has 7 nitrogen and oxygen atoms in total. The number of rotatable bonds is 4. The summed E-state index contributed by atoms with van der Waals surface area (Å²) < 4.78 is 30.0. The summed E-state index contributed by atoms with van der Waals surface area (Å²) in [6.07, 6.45) is 0. The van der Waals surface area contributed by atoms with Crippen LogP contribution in [0.15, 0.2) is 40.8 Å². The molecule has 0 aliphatic carbocycles. The third kappa shape index (κ3) is 3.73. The van der Waals surface area contributed by atoms with Crippen molar-refractivity contribution in [3.05, 3.63) is 64.3 Å². The number of fused-ring (bicyclic) bond motifs is 1. The van der Waals surface area contributed by atoms with Gasteiger partial charge >= 0.3 is 0 Å². The van der Waals surface area contributed by atoms with Gasteiger partial charge in [0.25, 0.3) is 0 Å². The summed E-state index contributed by atoms with van der Waals surface area (Å²) in [6, 6.07) is 8.86. The molecule has 1 N–H and O–H groups in total. The molecule has 3 heterocycles. The van der Waals surface area contributed by atoms with E-state index in [1.807, 2.05) is 11.8 Å². The summed E-state index contributed by atoms with van der Waals surface area (Å²) in [4.78, 5) is 19.3. The molecule has 2 aliphatic heterocycles. The quantitative estimate of drug-likeness (QED) is 0.660. The van der Waals surface area contributed by atoms with Gasteiger partial charge in [-0.25, -0.2) is 9.37 Å². The highest BCUT2D eigenvalue weighted by molar-refractivity contribution is 6.33. The number of hydrogen-bond donors (Lipinski definition) is 1. The van der Waals surface area contributed by atoms with Crippen molar-refractivity contribution < 1.29 is 23.1 Å². The van der Waals surface area contributed by atoms with E-state index in [1.54, 1.807) is 24.3 Å². The summed E-state index contributed by atoms with van der Waals surface area (Å²) in [5.74, 6) is 1.70. The molecule has 0 spiro atoms. The van der Waals surface area contributed by atoms with E-state index in [2.05, 4.69) is 10.3 Å². The number of ether oxygens (including phenoxy) is 2. The molecule has 2 aromatic carbocycles. The molecule has 0 radical (unpaired) electrons. The zero-order valence-electron chi connectivity index (χ0n) is 16.7. The van der Waals surface area contributed by atoms with Gasteiger partial charge in [0.1, 0.15) is 17.6 Å². The molecule has 1 saturated heterocycles. The van der Waals surface area contributed by atoms with Gasteiger partial charge in [0.15, 0.2) is 11.5 Å². The Morgan fingerprint density at radius 2 is 1.97 bits per heavy atom. The zero-order valence-corrected chi connectivity index (χ0v) is 17.4. The van der Waals surface area contributed by atoms with E-state index in [0.717, 1.165) is 5.56 Å². The van der Waals surface area contributed by atoms with Crippen LogP contribution in [0.25, 0.3) is 11.5 Å². The molecule has 0 bridgehead atoms. The minimum atomic E-state index is -0.539. The zero-order chi connectivity index (χ0) is 21.5. The Morgan fingerprint density at radius 1 is 1.23 bits per heavy atom. The molecule has 5 rings (SSSR count). The van der Waals surface area contributed by atoms with Crippen molar-refractivity contribution in [2.45, 2.75) is 19.5 Å². The van der Waals surface area contributed by atoms with Crippen molar-refractivity contribution in [1.82, 2.24) is 15.2 Å². The van der Waals surface area contributed by atoms with Crippen molar-refractivity contribution in [3.8, 4) is 23.0 Å². The summed E-state index contributed by atoms with van der Waals surface area (Å²) in [5.41, 5.74) is 2.02. The molecular weight excluding hydrogens is 425 g/mol. The van der Waals surface area contributed by atoms with Crippen molar-refractivity contribution >= 4 is 17.5 Å². The van der Waals surface area contributed by atoms with E-state index < -0.39 is 6.04 Å². The van der Waals surface area contributed by atoms with Crippen molar-refractivity contribution in [3.63, 3.8) is 0 Å². The first-order valence-corrected chi connectivity index (χ1v) is 10.2. The van der Waals surface area contributed by atoms with E-state index in [4.69, 9.17) is 25.5 Å². The number of nitrogens with one attached hydrogen (secondary N) is 1. The third-order valence-electron chi connectivity index (χ3n) is 5.44. The second-order valence-electron chi connectivity index (χ2n) is 7.42. The predicted molar refractivity (Wildman–Crippen MR) is 110 cm³/mol. The summed E-state index contributed by atoms with van der Waals surface area (Å²) in [5, 5.41) is 3.32. The van der Waals surface area contributed by atoms with Crippen LogP contribution in [0.3, 0.4) is 0 Å². The molecule has 0 saturated carbocycles. The molecule has 3 aromatic rings. The molecule has 9 heteroatoms. The number of amides is 1. The Labute approximate surface area is 182 Å². The van der Waals surface area contributed by atoms with Crippen LogP contribution in [0.5, 0.6) is 11.5 Å². The second kappa shape index (κ2) is 7.86. The fourth-order valence-corrected chi connectivity index (χ4v) is 4.09. The predicted octanol–water partition coefficient (Wildman–Crippen LogP) is 3.84. The molecule has 1 fully saturated rings. The number of halogens is 2. The van der Waals surface area contributed by atoms with Crippen LogP contribution in [0.4, 0.5) is 4.39 Å². The molecule has 31 heavy (non-hydrogen) atoms. The number of benzene rings is 2. The first-order chi connectivity index (χ1) is 15.0. The van der Waals surface area contributed by atoms with Crippen LogP contribution in [0.1, 0.15) is 23.1 Å². The topological polar surface area (TPSA) is 76.8 Å². The van der Waals surface area contributed by atoms with Gasteiger partial charge in [-0.1, -0.05) is 23.7 Å². The summed E-state index contributed by atoms with van der Waals surface area (Å²) in [6.45, 7) is 3.51. The van der Waals surface area contributed by atoms with E-state index in [-0.39, 0.29) is 18.5 Å².